The van der Waals surface area contributed by atoms with Gasteiger partial charge in [-0.05, 0) is 49.9 Å². The van der Waals surface area contributed by atoms with E-state index in [4.69, 9.17) is 9.47 Å². The highest BCUT2D eigenvalue weighted by atomic mass is 16.6. The summed E-state index contributed by atoms with van der Waals surface area (Å²) in [5.74, 6) is -1.21. The molecule has 2 N–H and O–H groups in total. The number of nitrogens with zero attached hydrogens (tertiary/aromatic N) is 1. The standard InChI is InChI=1S/C26H30N2O6/c1-16(23(29)30)28(14-17(28)13-27-24(31)34-26(2,3)4)25(32)33-15-22-20-11-7-5-9-18(20)19-10-6-8-12-21(19)22/h5-12,16-17,22H,13-15H2,1-4H3,(H-,27,29,30,31)/p+1/t16-,17?,28?/m1/s1. The molecule has 0 saturated carbocycles. The van der Waals surface area contributed by atoms with Gasteiger partial charge in [-0.15, -0.1) is 0 Å². The fourth-order valence-electron chi connectivity index (χ4n) is 4.81. The number of hydrogen-bond donors (Lipinski definition) is 2. The van der Waals surface area contributed by atoms with Crippen LogP contribution >= 0.6 is 0 Å². The van der Waals surface area contributed by atoms with Crippen LogP contribution in [0, 0.1) is 0 Å². The fraction of sp³-hybridized carbons (Fsp3) is 0.423. The second kappa shape index (κ2) is 8.76. The van der Waals surface area contributed by atoms with Crippen molar-refractivity contribution in [2.24, 2.45) is 0 Å². The number of aliphatic carboxylic acids is 1. The summed E-state index contributed by atoms with van der Waals surface area (Å²) in [7, 11) is 0. The van der Waals surface area contributed by atoms with Crippen LogP contribution in [0.2, 0.25) is 0 Å². The molecule has 4 rings (SSSR count). The predicted octanol–water partition coefficient (Wildman–Crippen LogP) is 4.13. The van der Waals surface area contributed by atoms with Gasteiger partial charge in [0.15, 0.2) is 12.1 Å². The topological polar surface area (TPSA) is 102 Å². The molecular weight excluding hydrogens is 436 g/mol. The van der Waals surface area contributed by atoms with E-state index in [9.17, 15) is 19.5 Å². The maximum Gasteiger partial charge on any atom is 0.517 e. The average Bonchev–Trinajstić information content (AvgIpc) is 3.43. The fourth-order valence-corrected chi connectivity index (χ4v) is 4.81. The highest BCUT2D eigenvalue weighted by Crippen LogP contribution is 2.45. The van der Waals surface area contributed by atoms with Gasteiger partial charge in [-0.1, -0.05) is 48.5 Å². The Bertz CT molecular complexity index is 1080. The molecular formula is C26H31N2O6+. The van der Waals surface area contributed by atoms with E-state index in [1.165, 1.54) is 6.92 Å². The number of amides is 2. The summed E-state index contributed by atoms with van der Waals surface area (Å²) in [5.41, 5.74) is 3.76. The first-order chi connectivity index (χ1) is 16.0. The zero-order valence-electron chi connectivity index (χ0n) is 19.9. The van der Waals surface area contributed by atoms with Gasteiger partial charge < -0.3 is 19.9 Å². The lowest BCUT2D eigenvalue weighted by Gasteiger charge is -2.23. The normalized spacial score (nSPS) is 21.7. The van der Waals surface area contributed by atoms with E-state index in [1.807, 2.05) is 36.4 Å². The number of ether oxygens (including phenoxy) is 2. The second-order valence-electron chi connectivity index (χ2n) is 9.97. The molecule has 1 saturated heterocycles. The molecule has 0 radical (unpaired) electrons. The number of hydrogen-bond acceptors (Lipinski definition) is 5. The molecule has 1 aliphatic carbocycles. The van der Waals surface area contributed by atoms with Crippen LogP contribution in [0.5, 0.6) is 0 Å². The number of quaternary nitrogens is 1. The summed E-state index contributed by atoms with van der Waals surface area (Å²) in [5, 5.41) is 12.3. The predicted molar refractivity (Wildman–Crippen MR) is 125 cm³/mol. The average molecular weight is 468 g/mol. The second-order valence-corrected chi connectivity index (χ2v) is 9.97. The van der Waals surface area contributed by atoms with Gasteiger partial charge in [0.25, 0.3) is 0 Å². The first kappa shape index (κ1) is 23.8. The SMILES string of the molecule is C[C@H](C(=O)O)[N+]1(C(=O)OCC2c3ccccc3-c3ccccc32)CC1CNC(=O)OC(C)(C)C. The van der Waals surface area contributed by atoms with Gasteiger partial charge in [0.1, 0.15) is 18.8 Å². The van der Waals surface area contributed by atoms with Crippen LogP contribution in [0.3, 0.4) is 0 Å². The van der Waals surface area contributed by atoms with Gasteiger partial charge in [-0.3, -0.25) is 0 Å². The van der Waals surface area contributed by atoms with Crippen LogP contribution < -0.4 is 5.32 Å². The summed E-state index contributed by atoms with van der Waals surface area (Å²) in [4.78, 5) is 37.1. The Morgan fingerprint density at radius 1 is 1.06 bits per heavy atom. The lowest BCUT2D eigenvalue weighted by Crippen LogP contribution is -2.50. The van der Waals surface area contributed by atoms with Gasteiger partial charge in [0, 0.05) is 5.92 Å². The van der Waals surface area contributed by atoms with Crippen molar-refractivity contribution in [1.82, 2.24) is 5.32 Å². The summed E-state index contributed by atoms with van der Waals surface area (Å²) < 4.78 is 10.7. The summed E-state index contributed by atoms with van der Waals surface area (Å²) in [6, 6.07) is 14.7. The maximum absolute atomic E-state index is 13.3. The molecule has 2 amide bonds. The van der Waals surface area contributed by atoms with Gasteiger partial charge in [0.05, 0.1) is 6.54 Å². The minimum absolute atomic E-state index is 0.116. The number of rotatable bonds is 6. The van der Waals surface area contributed by atoms with Crippen LogP contribution in [0.15, 0.2) is 48.5 Å². The molecule has 2 unspecified atom stereocenters. The highest BCUT2D eigenvalue weighted by Gasteiger charge is 2.67. The smallest absolute Gasteiger partial charge is 0.477 e. The van der Waals surface area contributed by atoms with Crippen molar-refractivity contribution in [3.05, 3.63) is 59.7 Å². The molecule has 1 aliphatic heterocycles. The van der Waals surface area contributed by atoms with Gasteiger partial charge in [0.2, 0.25) is 0 Å². The minimum atomic E-state index is -1.09. The summed E-state index contributed by atoms with van der Waals surface area (Å²) >= 11 is 0. The van der Waals surface area contributed by atoms with Crippen LogP contribution in [-0.2, 0) is 14.3 Å². The molecule has 3 atom stereocenters. The van der Waals surface area contributed by atoms with Crippen LogP contribution in [0.25, 0.3) is 11.1 Å². The number of carboxylic acids is 1. The number of carboxylic acid groups (broad SMARTS) is 1. The summed E-state index contributed by atoms with van der Waals surface area (Å²) in [6.45, 7) is 7.28. The van der Waals surface area contributed by atoms with Crippen LogP contribution in [-0.4, -0.2) is 65.1 Å². The number of carbonyl (C=O) groups is 3. The molecule has 8 heteroatoms. The molecule has 2 aromatic rings. The van der Waals surface area contributed by atoms with Crippen molar-refractivity contribution in [2.75, 3.05) is 19.7 Å². The Morgan fingerprint density at radius 3 is 2.15 bits per heavy atom. The van der Waals surface area contributed by atoms with Crippen molar-refractivity contribution in [3.63, 3.8) is 0 Å². The Hall–Kier alpha value is -3.39. The van der Waals surface area contributed by atoms with Gasteiger partial charge in [-0.2, -0.15) is 9.28 Å². The monoisotopic (exact) mass is 467 g/mol. The maximum atomic E-state index is 13.3. The number of fused-ring (bicyclic) bond motifs is 3. The number of benzene rings is 2. The Morgan fingerprint density at radius 2 is 1.62 bits per heavy atom. The van der Waals surface area contributed by atoms with Gasteiger partial charge in [-0.25, -0.2) is 9.59 Å². The van der Waals surface area contributed by atoms with E-state index < -0.39 is 35.8 Å². The first-order valence-electron chi connectivity index (χ1n) is 11.5. The Kier molecular flexibility index (Phi) is 6.12. The van der Waals surface area contributed by atoms with E-state index in [0.717, 1.165) is 22.3 Å². The molecule has 1 heterocycles. The minimum Gasteiger partial charge on any atom is -0.477 e. The first-order valence-corrected chi connectivity index (χ1v) is 11.5. The van der Waals surface area contributed by atoms with Crippen LogP contribution in [0.4, 0.5) is 9.59 Å². The third-order valence-corrected chi connectivity index (χ3v) is 6.64. The molecule has 2 aliphatic rings. The van der Waals surface area contributed by atoms with Crippen molar-refractivity contribution < 1.29 is 33.4 Å². The third kappa shape index (κ3) is 4.37. The van der Waals surface area contributed by atoms with E-state index >= 15 is 0 Å². The lowest BCUT2D eigenvalue weighted by molar-refractivity contribution is -0.754. The van der Waals surface area contributed by atoms with E-state index in [2.05, 4.69) is 17.4 Å². The molecule has 180 valence electrons. The molecule has 0 aromatic heterocycles. The van der Waals surface area contributed by atoms with E-state index in [0.29, 0.717) is 0 Å². The third-order valence-electron chi connectivity index (χ3n) is 6.64. The Balaban J connectivity index is 1.47. The summed E-state index contributed by atoms with van der Waals surface area (Å²) in [6.07, 6.45) is -1.19. The molecule has 8 nitrogen and oxygen atoms in total. The van der Waals surface area contributed by atoms with Crippen molar-refractivity contribution in [2.45, 2.75) is 51.3 Å². The van der Waals surface area contributed by atoms with Crippen molar-refractivity contribution in [3.8, 4) is 11.1 Å². The van der Waals surface area contributed by atoms with Gasteiger partial charge >= 0.3 is 18.2 Å². The number of carbonyl (C=O) groups excluding carboxylic acids is 2. The van der Waals surface area contributed by atoms with Crippen LogP contribution in [0.1, 0.15) is 44.7 Å². The zero-order chi connectivity index (χ0) is 24.7. The molecule has 2 aromatic carbocycles. The largest absolute Gasteiger partial charge is 0.517 e. The van der Waals surface area contributed by atoms with E-state index in [-0.39, 0.29) is 30.1 Å². The number of alkyl carbamates (subject to hydrolysis) is 1. The van der Waals surface area contributed by atoms with Crippen molar-refractivity contribution >= 4 is 18.2 Å². The molecule has 0 bridgehead atoms. The number of nitrogens with one attached hydrogen (secondary N) is 1. The molecule has 1 fully saturated rings. The quantitative estimate of drug-likeness (QED) is 0.489. The molecule has 34 heavy (non-hydrogen) atoms. The van der Waals surface area contributed by atoms with E-state index in [1.54, 1.807) is 20.8 Å². The lowest BCUT2D eigenvalue weighted by atomic mass is 9.98. The zero-order valence-corrected chi connectivity index (χ0v) is 19.9. The Labute approximate surface area is 199 Å². The van der Waals surface area contributed by atoms with Crippen molar-refractivity contribution in [1.29, 1.82) is 0 Å². The molecule has 0 spiro atoms. The highest BCUT2D eigenvalue weighted by molar-refractivity contribution is 5.79.